The summed E-state index contributed by atoms with van der Waals surface area (Å²) in [5.74, 6) is 0. The zero-order valence-electron chi connectivity index (χ0n) is 5.60. The summed E-state index contributed by atoms with van der Waals surface area (Å²) in [5, 5.41) is 0.685. The topological polar surface area (TPSA) is 9.23 Å². The molecular weight excluding hydrogens is 120 g/mol. The molecule has 0 saturated carbocycles. The summed E-state index contributed by atoms with van der Waals surface area (Å²) in [6, 6.07) is 0. The van der Waals surface area contributed by atoms with Crippen LogP contribution in [0.5, 0.6) is 0 Å². The molecule has 8 heavy (non-hydrogen) atoms. The van der Waals surface area contributed by atoms with Crippen LogP contribution in [0.2, 0.25) is 0 Å². The van der Waals surface area contributed by atoms with Crippen molar-refractivity contribution in [1.29, 1.82) is 0 Å². The van der Waals surface area contributed by atoms with E-state index in [4.69, 9.17) is 4.74 Å². The highest BCUT2D eigenvalue weighted by atomic mass is 32.2. The van der Waals surface area contributed by atoms with Crippen molar-refractivity contribution in [2.45, 2.75) is 31.0 Å². The molecule has 2 heteroatoms. The Morgan fingerprint density at radius 2 is 2.25 bits per heavy atom. The number of thioether (sulfide) groups is 1. The molecule has 0 aromatic rings. The summed E-state index contributed by atoms with van der Waals surface area (Å²) in [6.07, 6.45) is 0. The van der Waals surface area contributed by atoms with Crippen molar-refractivity contribution in [3.63, 3.8) is 0 Å². The standard InChI is InChI=1S/C6H12OS/c1-5-4-7-6(2,3)8-5/h5H,4H2,1-3H3. The molecule has 1 saturated heterocycles. The zero-order chi connectivity index (χ0) is 6.20. The predicted octanol–water partition coefficient (Wildman–Crippen LogP) is 1.87. The molecule has 48 valence electrons. The first-order chi connectivity index (χ1) is 3.60. The Hall–Kier alpha value is 0.310. The fourth-order valence-electron chi connectivity index (χ4n) is 0.871. The molecule has 0 radical (unpaired) electrons. The Morgan fingerprint density at radius 3 is 2.38 bits per heavy atom. The molecule has 0 amide bonds. The van der Waals surface area contributed by atoms with E-state index in [1.807, 2.05) is 11.8 Å². The molecule has 0 aromatic carbocycles. The first-order valence-electron chi connectivity index (χ1n) is 2.92. The minimum absolute atomic E-state index is 0.0828. The lowest BCUT2D eigenvalue weighted by molar-refractivity contribution is 0.0745. The van der Waals surface area contributed by atoms with Crippen LogP contribution < -0.4 is 0 Å². The second-order valence-electron chi connectivity index (χ2n) is 2.64. The number of hydrogen-bond donors (Lipinski definition) is 0. The maximum Gasteiger partial charge on any atom is 0.108 e. The quantitative estimate of drug-likeness (QED) is 0.497. The van der Waals surface area contributed by atoms with Crippen LogP contribution in [0.15, 0.2) is 0 Å². The van der Waals surface area contributed by atoms with E-state index < -0.39 is 0 Å². The van der Waals surface area contributed by atoms with Gasteiger partial charge in [0.1, 0.15) is 4.93 Å². The lowest BCUT2D eigenvalue weighted by Crippen LogP contribution is -2.11. The first kappa shape index (κ1) is 6.43. The molecule has 1 atom stereocenters. The van der Waals surface area contributed by atoms with Crippen LogP contribution in [0.1, 0.15) is 20.8 Å². The Labute approximate surface area is 54.8 Å². The van der Waals surface area contributed by atoms with E-state index in [1.54, 1.807) is 0 Å². The van der Waals surface area contributed by atoms with E-state index in [1.165, 1.54) is 0 Å². The van der Waals surface area contributed by atoms with Crippen LogP contribution in [-0.2, 0) is 4.74 Å². The fraction of sp³-hybridized carbons (Fsp3) is 1.00. The van der Waals surface area contributed by atoms with Crippen molar-refractivity contribution in [3.8, 4) is 0 Å². The molecule has 1 heterocycles. The van der Waals surface area contributed by atoms with Crippen molar-refractivity contribution < 1.29 is 4.74 Å². The van der Waals surface area contributed by atoms with Crippen LogP contribution >= 0.6 is 11.8 Å². The normalized spacial score (nSPS) is 35.6. The Balaban J connectivity index is 2.44. The molecule has 1 aliphatic rings. The van der Waals surface area contributed by atoms with Crippen molar-refractivity contribution in [1.82, 2.24) is 0 Å². The van der Waals surface area contributed by atoms with Gasteiger partial charge in [-0.25, -0.2) is 0 Å². The molecule has 0 aliphatic carbocycles. The van der Waals surface area contributed by atoms with E-state index in [0.717, 1.165) is 6.61 Å². The molecule has 0 spiro atoms. The van der Waals surface area contributed by atoms with Crippen molar-refractivity contribution in [2.24, 2.45) is 0 Å². The van der Waals surface area contributed by atoms with Gasteiger partial charge in [0.05, 0.1) is 6.61 Å². The van der Waals surface area contributed by atoms with Gasteiger partial charge in [0.25, 0.3) is 0 Å². The number of rotatable bonds is 0. The van der Waals surface area contributed by atoms with Gasteiger partial charge in [-0.1, -0.05) is 6.92 Å². The van der Waals surface area contributed by atoms with E-state index in [2.05, 4.69) is 20.8 Å². The molecule has 1 nitrogen and oxygen atoms in total. The Morgan fingerprint density at radius 1 is 1.62 bits per heavy atom. The monoisotopic (exact) mass is 132 g/mol. The minimum atomic E-state index is 0.0828. The van der Waals surface area contributed by atoms with Crippen molar-refractivity contribution >= 4 is 11.8 Å². The molecule has 0 N–H and O–H groups in total. The summed E-state index contributed by atoms with van der Waals surface area (Å²) in [4.78, 5) is 0.0828. The van der Waals surface area contributed by atoms with Gasteiger partial charge in [0.15, 0.2) is 0 Å². The SMILES string of the molecule is CC1COC(C)(C)S1. The van der Waals surface area contributed by atoms with Gasteiger partial charge in [-0.05, 0) is 13.8 Å². The molecule has 1 unspecified atom stereocenters. The Bertz CT molecular complexity index is 90.5. The summed E-state index contributed by atoms with van der Waals surface area (Å²) < 4.78 is 5.42. The first-order valence-corrected chi connectivity index (χ1v) is 3.80. The number of ether oxygens (including phenoxy) is 1. The maximum atomic E-state index is 5.42. The maximum absolute atomic E-state index is 5.42. The highest BCUT2D eigenvalue weighted by Crippen LogP contribution is 2.36. The van der Waals surface area contributed by atoms with Gasteiger partial charge in [0, 0.05) is 5.25 Å². The summed E-state index contributed by atoms with van der Waals surface area (Å²) in [6.45, 7) is 7.33. The third-order valence-corrected chi connectivity index (χ3v) is 2.37. The summed E-state index contributed by atoms with van der Waals surface area (Å²) >= 11 is 1.90. The van der Waals surface area contributed by atoms with E-state index >= 15 is 0 Å². The molecule has 1 rings (SSSR count). The number of hydrogen-bond acceptors (Lipinski definition) is 2. The highest BCUT2D eigenvalue weighted by Gasteiger charge is 2.29. The van der Waals surface area contributed by atoms with Crippen molar-refractivity contribution in [3.05, 3.63) is 0 Å². The molecule has 0 aromatic heterocycles. The van der Waals surface area contributed by atoms with Gasteiger partial charge >= 0.3 is 0 Å². The lowest BCUT2D eigenvalue weighted by Gasteiger charge is -2.13. The molecule has 0 bridgehead atoms. The van der Waals surface area contributed by atoms with Gasteiger partial charge in [-0.2, -0.15) is 0 Å². The largest absolute Gasteiger partial charge is 0.364 e. The van der Waals surface area contributed by atoms with Crippen LogP contribution in [0.3, 0.4) is 0 Å². The predicted molar refractivity (Wildman–Crippen MR) is 37.1 cm³/mol. The van der Waals surface area contributed by atoms with Gasteiger partial charge in [-0.3, -0.25) is 0 Å². The molecular formula is C6H12OS. The second-order valence-corrected chi connectivity index (χ2v) is 4.66. The van der Waals surface area contributed by atoms with Gasteiger partial charge < -0.3 is 4.74 Å². The fourth-order valence-corrected chi connectivity index (χ4v) is 2.11. The molecule has 1 fully saturated rings. The second kappa shape index (κ2) is 1.92. The van der Waals surface area contributed by atoms with Gasteiger partial charge in [-0.15, -0.1) is 11.8 Å². The van der Waals surface area contributed by atoms with Crippen molar-refractivity contribution in [2.75, 3.05) is 6.61 Å². The molecule has 1 aliphatic heterocycles. The lowest BCUT2D eigenvalue weighted by atomic mass is 10.4. The highest BCUT2D eigenvalue weighted by molar-refractivity contribution is 8.01. The average Bonchev–Trinajstić information content (AvgIpc) is 1.82. The van der Waals surface area contributed by atoms with E-state index in [-0.39, 0.29) is 4.93 Å². The third kappa shape index (κ3) is 1.39. The van der Waals surface area contributed by atoms with Crippen LogP contribution in [-0.4, -0.2) is 16.8 Å². The smallest absolute Gasteiger partial charge is 0.108 e. The zero-order valence-corrected chi connectivity index (χ0v) is 6.42. The van der Waals surface area contributed by atoms with Crippen LogP contribution in [0.25, 0.3) is 0 Å². The van der Waals surface area contributed by atoms with E-state index in [9.17, 15) is 0 Å². The van der Waals surface area contributed by atoms with Gasteiger partial charge in [0.2, 0.25) is 0 Å². The third-order valence-electron chi connectivity index (χ3n) is 1.15. The van der Waals surface area contributed by atoms with E-state index in [0.29, 0.717) is 5.25 Å². The summed E-state index contributed by atoms with van der Waals surface area (Å²) in [7, 11) is 0. The minimum Gasteiger partial charge on any atom is -0.364 e. The summed E-state index contributed by atoms with van der Waals surface area (Å²) in [5.41, 5.74) is 0. The Kier molecular flexibility index (Phi) is 1.54. The van der Waals surface area contributed by atoms with Crippen LogP contribution in [0, 0.1) is 0 Å². The van der Waals surface area contributed by atoms with Crippen LogP contribution in [0.4, 0.5) is 0 Å². The average molecular weight is 132 g/mol.